The van der Waals surface area contributed by atoms with Gasteiger partial charge in [-0.15, -0.1) is 12.4 Å². The first-order valence-corrected chi connectivity index (χ1v) is 5.12. The van der Waals surface area contributed by atoms with Crippen molar-refractivity contribution in [2.45, 2.75) is 6.10 Å². The number of hydrogen-bond acceptors (Lipinski definition) is 4. The van der Waals surface area contributed by atoms with Crippen LogP contribution in [0.5, 0.6) is 0 Å². The Morgan fingerprint density at radius 2 is 2.25 bits per heavy atom. The Labute approximate surface area is 78.1 Å². The van der Waals surface area contributed by atoms with Crippen molar-refractivity contribution >= 4 is 22.4 Å². The van der Waals surface area contributed by atoms with Crippen LogP contribution in [0.2, 0.25) is 0 Å². The quantitative estimate of drug-likeness (QED) is 0.600. The monoisotopic (exact) mass is 216 g/mol. The van der Waals surface area contributed by atoms with Crippen molar-refractivity contribution in [3.8, 4) is 0 Å². The number of hydrogen-bond donors (Lipinski definition) is 2. The lowest BCUT2D eigenvalue weighted by Gasteiger charge is -2.22. The molecule has 1 heterocycles. The van der Waals surface area contributed by atoms with Gasteiger partial charge in [0, 0.05) is 13.1 Å². The molecule has 12 heavy (non-hydrogen) atoms. The molecular weight excluding hydrogens is 204 g/mol. The zero-order chi connectivity index (χ0) is 8.32. The summed E-state index contributed by atoms with van der Waals surface area (Å²) in [4.78, 5) is 0. The first kappa shape index (κ1) is 12.1. The van der Waals surface area contributed by atoms with E-state index in [4.69, 9.17) is 9.88 Å². The van der Waals surface area contributed by atoms with Gasteiger partial charge in [-0.3, -0.25) is 0 Å². The smallest absolute Gasteiger partial charge is 0.211 e. The maximum atomic E-state index is 10.6. The highest BCUT2D eigenvalue weighted by atomic mass is 35.5. The van der Waals surface area contributed by atoms with Crippen molar-refractivity contribution < 1.29 is 13.2 Å². The molecule has 0 aromatic carbocycles. The number of primary sulfonamides is 1. The molecule has 74 valence electrons. The maximum absolute atomic E-state index is 10.6. The van der Waals surface area contributed by atoms with Gasteiger partial charge >= 0.3 is 0 Å². The van der Waals surface area contributed by atoms with E-state index < -0.39 is 10.0 Å². The van der Waals surface area contributed by atoms with Crippen LogP contribution in [0.1, 0.15) is 0 Å². The maximum Gasteiger partial charge on any atom is 0.211 e. The van der Waals surface area contributed by atoms with Gasteiger partial charge in [0.05, 0.1) is 18.5 Å². The Morgan fingerprint density at radius 1 is 1.58 bits per heavy atom. The molecule has 0 saturated carbocycles. The molecule has 0 aromatic rings. The predicted molar refractivity (Wildman–Crippen MR) is 47.8 cm³/mol. The van der Waals surface area contributed by atoms with Crippen molar-refractivity contribution in [2.24, 2.45) is 5.14 Å². The molecule has 0 aromatic heterocycles. The van der Waals surface area contributed by atoms with Gasteiger partial charge in [-0.25, -0.2) is 13.6 Å². The van der Waals surface area contributed by atoms with E-state index in [0.717, 1.165) is 6.54 Å². The second-order valence-electron chi connectivity index (χ2n) is 2.53. The minimum atomic E-state index is -3.39. The van der Waals surface area contributed by atoms with Gasteiger partial charge in [-0.2, -0.15) is 0 Å². The van der Waals surface area contributed by atoms with Gasteiger partial charge in [0.2, 0.25) is 10.0 Å². The number of halogens is 1. The summed E-state index contributed by atoms with van der Waals surface area (Å²) in [5, 5.41) is 7.84. The average molecular weight is 217 g/mol. The molecular formula is C5H13ClN2O3S. The highest BCUT2D eigenvalue weighted by Crippen LogP contribution is 1.97. The van der Waals surface area contributed by atoms with Crippen molar-refractivity contribution in [3.63, 3.8) is 0 Å². The second kappa shape index (κ2) is 4.98. The zero-order valence-electron chi connectivity index (χ0n) is 6.52. The van der Waals surface area contributed by atoms with E-state index in [9.17, 15) is 8.42 Å². The Balaban J connectivity index is 0.00000121. The van der Waals surface area contributed by atoms with E-state index in [-0.39, 0.29) is 24.3 Å². The van der Waals surface area contributed by atoms with Crippen molar-refractivity contribution in [3.05, 3.63) is 0 Å². The van der Waals surface area contributed by atoms with Crippen LogP contribution in [-0.4, -0.2) is 40.0 Å². The van der Waals surface area contributed by atoms with Gasteiger partial charge < -0.3 is 10.1 Å². The Kier molecular flexibility index (Phi) is 5.03. The van der Waals surface area contributed by atoms with Crippen LogP contribution in [0.15, 0.2) is 0 Å². The highest BCUT2D eigenvalue weighted by Gasteiger charge is 2.18. The number of ether oxygens (including phenoxy) is 1. The number of nitrogens with one attached hydrogen (secondary N) is 1. The third-order valence-corrected chi connectivity index (χ3v) is 2.26. The molecule has 7 heteroatoms. The molecule has 0 radical (unpaired) electrons. The van der Waals surface area contributed by atoms with Crippen molar-refractivity contribution in [1.82, 2.24) is 5.32 Å². The van der Waals surface area contributed by atoms with E-state index in [1.54, 1.807) is 0 Å². The molecule has 0 spiro atoms. The van der Waals surface area contributed by atoms with Gasteiger partial charge in [-0.1, -0.05) is 0 Å². The molecule has 1 fully saturated rings. The lowest BCUT2D eigenvalue weighted by atomic mass is 10.3. The molecule has 1 atom stereocenters. The van der Waals surface area contributed by atoms with Gasteiger partial charge in [0.1, 0.15) is 0 Å². The molecule has 3 N–H and O–H groups in total. The molecule has 1 rings (SSSR count). The van der Waals surface area contributed by atoms with Gasteiger partial charge in [-0.05, 0) is 0 Å². The van der Waals surface area contributed by atoms with E-state index in [2.05, 4.69) is 5.32 Å². The number of nitrogens with two attached hydrogens (primary N) is 1. The number of sulfonamides is 1. The second-order valence-corrected chi connectivity index (χ2v) is 4.19. The topological polar surface area (TPSA) is 81.4 Å². The van der Waals surface area contributed by atoms with Crippen molar-refractivity contribution in [2.75, 3.05) is 25.4 Å². The third kappa shape index (κ3) is 4.89. The summed E-state index contributed by atoms with van der Waals surface area (Å²) in [5.74, 6) is -0.0972. The van der Waals surface area contributed by atoms with E-state index >= 15 is 0 Å². The molecule has 0 aliphatic carbocycles. The first-order chi connectivity index (χ1) is 5.08. The summed E-state index contributed by atoms with van der Waals surface area (Å²) in [7, 11) is -3.39. The lowest BCUT2D eigenvalue weighted by molar-refractivity contribution is 0.0430. The van der Waals surface area contributed by atoms with Crippen LogP contribution in [0.25, 0.3) is 0 Å². The average Bonchev–Trinajstić information content (AvgIpc) is 1.85. The molecule has 1 saturated heterocycles. The standard InChI is InChI=1S/C5H12N2O3S.ClH/c6-11(8,9)4-5-3-7-1-2-10-5;/h5,7H,1-4H2,(H2,6,8,9);1H/t5-;/m1./s1. The fourth-order valence-electron chi connectivity index (χ4n) is 0.986. The zero-order valence-corrected chi connectivity index (χ0v) is 8.16. The fraction of sp³-hybridized carbons (Fsp3) is 1.00. The molecule has 0 amide bonds. The molecule has 1 aliphatic rings. The molecule has 0 unspecified atom stereocenters. The SMILES string of the molecule is Cl.NS(=O)(=O)C[C@H]1CNCCO1. The summed E-state index contributed by atoms with van der Waals surface area (Å²) in [5.41, 5.74) is 0. The number of rotatable bonds is 2. The fourth-order valence-corrected chi connectivity index (χ4v) is 1.72. The minimum Gasteiger partial charge on any atom is -0.374 e. The van der Waals surface area contributed by atoms with Gasteiger partial charge in [0.25, 0.3) is 0 Å². The van der Waals surface area contributed by atoms with Crippen molar-refractivity contribution in [1.29, 1.82) is 0 Å². The normalized spacial score (nSPS) is 24.6. The summed E-state index contributed by atoms with van der Waals surface area (Å²) in [6.07, 6.45) is -0.279. The van der Waals surface area contributed by atoms with E-state index in [0.29, 0.717) is 13.2 Å². The predicted octanol–water partition coefficient (Wildman–Crippen LogP) is -1.31. The highest BCUT2D eigenvalue weighted by molar-refractivity contribution is 7.89. The molecule has 1 aliphatic heterocycles. The van der Waals surface area contributed by atoms with Crippen LogP contribution >= 0.6 is 12.4 Å². The molecule has 0 bridgehead atoms. The summed E-state index contributed by atoms with van der Waals surface area (Å²) >= 11 is 0. The molecule has 5 nitrogen and oxygen atoms in total. The summed E-state index contributed by atoms with van der Waals surface area (Å²) in [6, 6.07) is 0. The van der Waals surface area contributed by atoms with Gasteiger partial charge in [0.15, 0.2) is 0 Å². The van der Waals surface area contributed by atoms with E-state index in [1.807, 2.05) is 0 Å². The largest absolute Gasteiger partial charge is 0.374 e. The lowest BCUT2D eigenvalue weighted by Crippen LogP contribution is -2.43. The Bertz CT molecular complexity index is 213. The van der Waals surface area contributed by atoms with E-state index in [1.165, 1.54) is 0 Å². The number of morpholine rings is 1. The summed E-state index contributed by atoms with van der Waals surface area (Å²) < 4.78 is 26.3. The Morgan fingerprint density at radius 3 is 2.67 bits per heavy atom. The van der Waals surface area contributed by atoms with Crippen LogP contribution < -0.4 is 10.5 Å². The summed E-state index contributed by atoms with van der Waals surface area (Å²) in [6.45, 7) is 1.90. The minimum absolute atomic E-state index is 0. The first-order valence-electron chi connectivity index (χ1n) is 3.41. The Hall–Kier alpha value is 0.120. The van der Waals surface area contributed by atoms with Crippen LogP contribution in [0.3, 0.4) is 0 Å². The van der Waals surface area contributed by atoms with Crippen LogP contribution in [0, 0.1) is 0 Å². The van der Waals surface area contributed by atoms with Crippen LogP contribution in [0.4, 0.5) is 0 Å². The third-order valence-electron chi connectivity index (χ3n) is 1.42. The van der Waals surface area contributed by atoms with Crippen LogP contribution in [-0.2, 0) is 14.8 Å².